The summed E-state index contributed by atoms with van der Waals surface area (Å²) < 4.78 is 26.7. The molecule has 6 nitrogen and oxygen atoms in total. The van der Waals surface area contributed by atoms with Crippen molar-refractivity contribution in [3.63, 3.8) is 0 Å². The van der Waals surface area contributed by atoms with Crippen molar-refractivity contribution < 1.29 is 13.9 Å². The molecule has 0 saturated carbocycles. The van der Waals surface area contributed by atoms with Crippen LogP contribution in [0.2, 0.25) is 0 Å². The lowest BCUT2D eigenvalue weighted by molar-refractivity contribution is 0.214. The summed E-state index contributed by atoms with van der Waals surface area (Å²) in [5, 5.41) is 9.68. The van der Waals surface area contributed by atoms with Crippen molar-refractivity contribution in [2.75, 3.05) is 32.6 Å². The van der Waals surface area contributed by atoms with E-state index >= 15 is 0 Å². The molecule has 0 radical (unpaired) electrons. The fraction of sp³-hybridized carbons (Fsp3) is 0.391. The minimum absolute atomic E-state index is 0.256. The Morgan fingerprint density at radius 2 is 1.71 bits per heavy atom. The van der Waals surface area contributed by atoms with Crippen LogP contribution in [0.4, 0.5) is 4.39 Å². The Bertz CT molecular complexity index is 974. The van der Waals surface area contributed by atoms with Crippen LogP contribution in [0, 0.1) is 5.82 Å². The fourth-order valence-electron chi connectivity index (χ4n) is 3.69. The lowest BCUT2D eigenvalue weighted by Gasteiger charge is -2.26. The van der Waals surface area contributed by atoms with E-state index in [1.54, 1.807) is 31.0 Å². The highest BCUT2D eigenvalue weighted by Gasteiger charge is 2.19. The molecule has 4 rings (SSSR count). The van der Waals surface area contributed by atoms with Gasteiger partial charge in [-0.25, -0.2) is 4.39 Å². The number of piperidine rings is 1. The van der Waals surface area contributed by atoms with Gasteiger partial charge in [-0.2, -0.15) is 0 Å². The molecule has 1 aromatic heterocycles. The number of hydrogen-bond donors (Lipinski definition) is 0. The number of thioether (sulfide) groups is 1. The van der Waals surface area contributed by atoms with Gasteiger partial charge in [0, 0.05) is 11.4 Å². The minimum Gasteiger partial charge on any atom is -0.493 e. The van der Waals surface area contributed by atoms with Crippen molar-refractivity contribution in [2.24, 2.45) is 0 Å². The molecule has 1 saturated heterocycles. The van der Waals surface area contributed by atoms with Gasteiger partial charge >= 0.3 is 0 Å². The normalized spacial score (nSPS) is 14.5. The number of nitrogens with zero attached hydrogens (tertiary/aromatic N) is 4. The Kier molecular flexibility index (Phi) is 7.43. The number of halogens is 1. The van der Waals surface area contributed by atoms with E-state index in [4.69, 9.17) is 9.47 Å². The molecule has 1 aliphatic heterocycles. The first-order chi connectivity index (χ1) is 15.2. The van der Waals surface area contributed by atoms with E-state index in [1.165, 1.54) is 31.4 Å². The van der Waals surface area contributed by atoms with Gasteiger partial charge in [-0.3, -0.25) is 9.47 Å². The highest BCUT2D eigenvalue weighted by molar-refractivity contribution is 7.99. The van der Waals surface area contributed by atoms with Crippen LogP contribution in [0.25, 0.3) is 5.69 Å². The van der Waals surface area contributed by atoms with Crippen LogP contribution in [-0.2, 0) is 6.54 Å². The highest BCUT2D eigenvalue weighted by Crippen LogP contribution is 2.27. The van der Waals surface area contributed by atoms with Gasteiger partial charge < -0.3 is 9.47 Å². The number of hydrogen-bond acceptors (Lipinski definition) is 6. The predicted octanol–water partition coefficient (Wildman–Crippen LogP) is 4.57. The molecule has 0 bridgehead atoms. The molecule has 0 amide bonds. The molecule has 0 atom stereocenters. The number of aromatic nitrogens is 3. The first-order valence-electron chi connectivity index (χ1n) is 10.6. The Morgan fingerprint density at radius 3 is 2.45 bits per heavy atom. The van der Waals surface area contributed by atoms with Crippen LogP contribution >= 0.6 is 11.8 Å². The zero-order valence-electron chi connectivity index (χ0n) is 17.7. The van der Waals surface area contributed by atoms with Gasteiger partial charge in [0.1, 0.15) is 5.82 Å². The summed E-state index contributed by atoms with van der Waals surface area (Å²) >= 11 is 1.57. The average molecular weight is 443 g/mol. The van der Waals surface area contributed by atoms with E-state index in [9.17, 15) is 4.39 Å². The Balaban J connectivity index is 1.46. The van der Waals surface area contributed by atoms with Crippen molar-refractivity contribution in [2.45, 2.75) is 31.0 Å². The molecule has 0 aliphatic carbocycles. The summed E-state index contributed by atoms with van der Waals surface area (Å²) in [5.41, 5.74) is 0.867. The van der Waals surface area contributed by atoms with Crippen LogP contribution in [-0.4, -0.2) is 52.2 Å². The summed E-state index contributed by atoms with van der Waals surface area (Å²) in [6.07, 6.45) is 3.72. The third-order valence-corrected chi connectivity index (χ3v) is 6.13. The largest absolute Gasteiger partial charge is 0.493 e. The average Bonchev–Trinajstić information content (AvgIpc) is 3.20. The smallest absolute Gasteiger partial charge is 0.195 e. The van der Waals surface area contributed by atoms with E-state index < -0.39 is 0 Å². The molecule has 0 unspecified atom stereocenters. The highest BCUT2D eigenvalue weighted by atomic mass is 32.2. The van der Waals surface area contributed by atoms with E-state index in [1.807, 2.05) is 28.8 Å². The summed E-state index contributed by atoms with van der Waals surface area (Å²) in [4.78, 5) is 2.41. The monoisotopic (exact) mass is 442 g/mol. The molecule has 164 valence electrons. The second kappa shape index (κ2) is 10.6. The predicted molar refractivity (Wildman–Crippen MR) is 120 cm³/mol. The van der Waals surface area contributed by atoms with Gasteiger partial charge in [0.05, 0.1) is 20.3 Å². The number of likely N-dealkylation sites (tertiary alicyclic amines) is 1. The Morgan fingerprint density at radius 1 is 0.968 bits per heavy atom. The number of methoxy groups -OCH3 is 1. The molecular formula is C23H27FN4O2S. The molecule has 0 spiro atoms. The molecule has 0 N–H and O–H groups in total. The lowest BCUT2D eigenvalue weighted by atomic mass is 10.1. The number of benzene rings is 2. The minimum atomic E-state index is -0.256. The maximum absolute atomic E-state index is 13.5. The van der Waals surface area contributed by atoms with Gasteiger partial charge in [0.2, 0.25) is 0 Å². The summed E-state index contributed by atoms with van der Waals surface area (Å²) in [5.74, 6) is 2.75. The maximum Gasteiger partial charge on any atom is 0.195 e. The van der Waals surface area contributed by atoms with E-state index in [0.29, 0.717) is 18.1 Å². The van der Waals surface area contributed by atoms with Crippen LogP contribution < -0.4 is 9.47 Å². The molecule has 31 heavy (non-hydrogen) atoms. The maximum atomic E-state index is 13.5. The molecule has 2 heterocycles. The van der Waals surface area contributed by atoms with Gasteiger partial charge in [0.15, 0.2) is 22.5 Å². The first-order valence-corrected chi connectivity index (χ1v) is 11.5. The van der Waals surface area contributed by atoms with Crippen molar-refractivity contribution >= 4 is 11.8 Å². The third-order valence-electron chi connectivity index (χ3n) is 5.24. The van der Waals surface area contributed by atoms with Crippen molar-refractivity contribution in [1.82, 2.24) is 19.7 Å². The quantitative estimate of drug-likeness (QED) is 0.357. The van der Waals surface area contributed by atoms with Gasteiger partial charge in [-0.1, -0.05) is 30.3 Å². The van der Waals surface area contributed by atoms with Gasteiger partial charge in [-0.15, -0.1) is 10.2 Å². The Labute approximate surface area is 186 Å². The molecule has 8 heteroatoms. The van der Waals surface area contributed by atoms with Crippen molar-refractivity contribution in [3.8, 4) is 17.2 Å². The van der Waals surface area contributed by atoms with Crippen molar-refractivity contribution in [1.29, 1.82) is 0 Å². The van der Waals surface area contributed by atoms with Crippen LogP contribution in [0.5, 0.6) is 11.5 Å². The summed E-state index contributed by atoms with van der Waals surface area (Å²) in [6.45, 7) is 3.39. The number of rotatable bonds is 9. The SMILES string of the molecule is COc1ccccc1OCCSc1nnc(CN2CCCCC2)n1-c1ccc(F)cc1. The van der Waals surface area contributed by atoms with Crippen molar-refractivity contribution in [3.05, 3.63) is 60.2 Å². The van der Waals surface area contributed by atoms with E-state index in [-0.39, 0.29) is 5.82 Å². The van der Waals surface area contributed by atoms with Crippen LogP contribution in [0.3, 0.4) is 0 Å². The standard InChI is InChI=1S/C23H27FN4O2S/c1-29-20-7-3-4-8-21(20)30-15-16-31-23-26-25-22(17-27-13-5-2-6-14-27)28(23)19-11-9-18(24)10-12-19/h3-4,7-12H,2,5-6,13-17H2,1H3. The van der Waals surface area contributed by atoms with Crippen LogP contribution in [0.15, 0.2) is 53.7 Å². The van der Waals surface area contributed by atoms with Gasteiger partial charge in [-0.05, 0) is 62.3 Å². The first kappa shape index (κ1) is 21.6. The lowest BCUT2D eigenvalue weighted by Crippen LogP contribution is -2.30. The molecule has 3 aromatic rings. The molecule has 2 aromatic carbocycles. The van der Waals surface area contributed by atoms with Crippen LogP contribution in [0.1, 0.15) is 25.1 Å². The molecular weight excluding hydrogens is 415 g/mol. The van der Waals surface area contributed by atoms with E-state index in [0.717, 1.165) is 42.1 Å². The van der Waals surface area contributed by atoms with E-state index in [2.05, 4.69) is 15.1 Å². The number of ether oxygens (including phenoxy) is 2. The topological polar surface area (TPSA) is 52.4 Å². The third kappa shape index (κ3) is 5.57. The second-order valence-electron chi connectivity index (χ2n) is 7.40. The number of para-hydroxylation sites is 2. The zero-order valence-corrected chi connectivity index (χ0v) is 18.5. The molecule has 1 aliphatic rings. The van der Waals surface area contributed by atoms with Gasteiger partial charge in [0.25, 0.3) is 0 Å². The fourth-order valence-corrected chi connectivity index (χ4v) is 4.47. The molecule has 1 fully saturated rings. The summed E-state index contributed by atoms with van der Waals surface area (Å²) in [6, 6.07) is 14.1. The zero-order chi connectivity index (χ0) is 21.5. The Hall–Kier alpha value is -2.58. The summed E-state index contributed by atoms with van der Waals surface area (Å²) in [7, 11) is 1.63. The second-order valence-corrected chi connectivity index (χ2v) is 8.46.